The SMILES string of the molecule is Cc1ncc(Cl)cc1N(O)S. The maximum Gasteiger partial charge on any atom is 0.0988 e. The molecule has 0 fully saturated rings. The molecular formula is C6H7ClN2OS. The summed E-state index contributed by atoms with van der Waals surface area (Å²) in [5.74, 6) is 0. The van der Waals surface area contributed by atoms with Crippen molar-refractivity contribution in [2.24, 2.45) is 0 Å². The molecule has 0 amide bonds. The van der Waals surface area contributed by atoms with Crippen LogP contribution in [0.5, 0.6) is 0 Å². The Labute approximate surface area is 75.1 Å². The van der Waals surface area contributed by atoms with Crippen molar-refractivity contribution in [1.82, 2.24) is 4.98 Å². The molecule has 0 saturated heterocycles. The number of hydrogen-bond donors (Lipinski definition) is 2. The molecule has 3 nitrogen and oxygen atoms in total. The fourth-order valence-corrected chi connectivity index (χ4v) is 1.05. The van der Waals surface area contributed by atoms with Gasteiger partial charge in [0.2, 0.25) is 0 Å². The lowest BCUT2D eigenvalue weighted by atomic mass is 10.3. The molecule has 0 aliphatic heterocycles. The first-order valence-corrected chi connectivity index (χ1v) is 3.69. The van der Waals surface area contributed by atoms with Gasteiger partial charge >= 0.3 is 0 Å². The number of nitrogens with zero attached hydrogens (tertiary/aromatic N) is 2. The van der Waals surface area contributed by atoms with Gasteiger partial charge in [-0.15, -0.1) is 0 Å². The topological polar surface area (TPSA) is 36.4 Å². The summed E-state index contributed by atoms with van der Waals surface area (Å²) in [5, 5.41) is 9.40. The predicted octanol–water partition coefficient (Wildman–Crippen LogP) is 2.08. The molecule has 1 rings (SSSR count). The molecule has 0 radical (unpaired) electrons. The van der Waals surface area contributed by atoms with E-state index in [-0.39, 0.29) is 0 Å². The van der Waals surface area contributed by atoms with E-state index in [1.54, 1.807) is 13.0 Å². The number of pyridine rings is 1. The van der Waals surface area contributed by atoms with Gasteiger partial charge in [-0.3, -0.25) is 10.2 Å². The van der Waals surface area contributed by atoms with Crippen molar-refractivity contribution < 1.29 is 5.21 Å². The second-order valence-corrected chi connectivity index (χ2v) is 2.86. The molecule has 0 aliphatic carbocycles. The van der Waals surface area contributed by atoms with Crippen molar-refractivity contribution in [1.29, 1.82) is 0 Å². The standard InChI is InChI=1S/C6H7ClN2OS/c1-4-6(9(10)11)2-5(7)3-8-4/h2-3,10-11H,1H3. The summed E-state index contributed by atoms with van der Waals surface area (Å²) in [6.07, 6.45) is 1.51. The summed E-state index contributed by atoms with van der Waals surface area (Å²) in [6.45, 7) is 1.76. The molecule has 0 aromatic carbocycles. The van der Waals surface area contributed by atoms with Crippen molar-refractivity contribution in [2.75, 3.05) is 4.47 Å². The number of aryl methyl sites for hydroxylation is 1. The van der Waals surface area contributed by atoms with Crippen molar-refractivity contribution in [3.8, 4) is 0 Å². The van der Waals surface area contributed by atoms with Gasteiger partial charge in [0, 0.05) is 6.20 Å². The minimum absolute atomic E-state index is 0.471. The summed E-state index contributed by atoms with van der Waals surface area (Å²) in [6, 6.07) is 1.58. The Hall–Kier alpha value is -0.450. The van der Waals surface area contributed by atoms with Gasteiger partial charge in [0.05, 0.1) is 16.4 Å². The molecule has 0 saturated carbocycles. The van der Waals surface area contributed by atoms with Crippen LogP contribution in [0.15, 0.2) is 12.3 Å². The van der Waals surface area contributed by atoms with Crippen LogP contribution in [0.4, 0.5) is 5.69 Å². The second kappa shape index (κ2) is 3.30. The number of rotatable bonds is 1. The molecule has 1 N–H and O–H groups in total. The lowest BCUT2D eigenvalue weighted by Gasteiger charge is -2.10. The fourth-order valence-electron chi connectivity index (χ4n) is 0.699. The zero-order valence-electron chi connectivity index (χ0n) is 5.82. The molecule has 1 aromatic rings. The van der Waals surface area contributed by atoms with E-state index < -0.39 is 0 Å². The van der Waals surface area contributed by atoms with E-state index in [1.807, 2.05) is 0 Å². The van der Waals surface area contributed by atoms with E-state index in [9.17, 15) is 0 Å². The Morgan fingerprint density at radius 3 is 2.82 bits per heavy atom. The van der Waals surface area contributed by atoms with Gasteiger partial charge in [-0.2, -0.15) is 4.47 Å². The van der Waals surface area contributed by atoms with Gasteiger partial charge in [-0.25, -0.2) is 0 Å². The third kappa shape index (κ3) is 1.99. The number of thiol groups is 1. The van der Waals surface area contributed by atoms with Crippen molar-refractivity contribution in [3.63, 3.8) is 0 Å². The lowest BCUT2D eigenvalue weighted by molar-refractivity contribution is 0.333. The van der Waals surface area contributed by atoms with Crippen LogP contribution in [0.25, 0.3) is 0 Å². The van der Waals surface area contributed by atoms with Crippen LogP contribution < -0.4 is 4.47 Å². The average Bonchev–Trinajstić information content (AvgIpc) is 1.94. The summed E-state index contributed by atoms with van der Waals surface area (Å²) < 4.78 is 0.689. The van der Waals surface area contributed by atoms with Crippen LogP contribution >= 0.6 is 24.4 Å². The Morgan fingerprint density at radius 2 is 2.36 bits per heavy atom. The van der Waals surface area contributed by atoms with Crippen molar-refractivity contribution in [3.05, 3.63) is 23.0 Å². The molecule has 11 heavy (non-hydrogen) atoms. The van der Waals surface area contributed by atoms with Gasteiger partial charge in [0.25, 0.3) is 0 Å². The molecule has 1 aromatic heterocycles. The Balaban J connectivity index is 3.13. The van der Waals surface area contributed by atoms with Gasteiger partial charge in [0.15, 0.2) is 0 Å². The Morgan fingerprint density at radius 1 is 1.73 bits per heavy atom. The maximum atomic E-state index is 8.93. The zero-order chi connectivity index (χ0) is 8.43. The summed E-state index contributed by atoms with van der Waals surface area (Å²) in [5.41, 5.74) is 1.16. The van der Waals surface area contributed by atoms with E-state index in [4.69, 9.17) is 16.8 Å². The number of aromatic nitrogens is 1. The number of hydrogen-bond acceptors (Lipinski definition) is 4. The van der Waals surface area contributed by atoms with Crippen LogP contribution in [-0.4, -0.2) is 10.2 Å². The molecule has 60 valence electrons. The highest BCUT2D eigenvalue weighted by atomic mass is 35.5. The van der Waals surface area contributed by atoms with E-state index in [2.05, 4.69) is 17.8 Å². The van der Waals surface area contributed by atoms with Crippen LogP contribution in [0.3, 0.4) is 0 Å². The van der Waals surface area contributed by atoms with Crippen LogP contribution in [0.2, 0.25) is 5.02 Å². The van der Waals surface area contributed by atoms with E-state index in [0.29, 0.717) is 20.9 Å². The first-order valence-electron chi connectivity index (χ1n) is 2.91. The lowest BCUT2D eigenvalue weighted by Crippen LogP contribution is -2.04. The van der Waals surface area contributed by atoms with Crippen LogP contribution in [0, 0.1) is 6.92 Å². The molecule has 0 spiro atoms. The third-order valence-electron chi connectivity index (χ3n) is 1.24. The second-order valence-electron chi connectivity index (χ2n) is 2.05. The number of halogens is 1. The molecule has 0 aliphatic rings. The molecule has 0 bridgehead atoms. The van der Waals surface area contributed by atoms with Crippen molar-refractivity contribution in [2.45, 2.75) is 6.92 Å². The summed E-state index contributed by atoms with van der Waals surface area (Å²) in [4.78, 5) is 3.92. The fraction of sp³-hybridized carbons (Fsp3) is 0.167. The van der Waals surface area contributed by atoms with Crippen LogP contribution in [0.1, 0.15) is 5.69 Å². The highest BCUT2D eigenvalue weighted by Crippen LogP contribution is 2.21. The molecule has 0 unspecified atom stereocenters. The Kier molecular flexibility index (Phi) is 2.59. The highest BCUT2D eigenvalue weighted by molar-refractivity contribution is 7.81. The third-order valence-corrected chi connectivity index (χ3v) is 1.66. The van der Waals surface area contributed by atoms with E-state index in [0.717, 1.165) is 0 Å². The molecule has 5 heteroatoms. The molecule has 0 atom stereocenters. The Bertz CT molecular complexity index is 267. The average molecular weight is 191 g/mol. The van der Waals surface area contributed by atoms with Gasteiger partial charge < -0.3 is 0 Å². The largest absolute Gasteiger partial charge is 0.278 e. The first-order chi connectivity index (χ1) is 5.11. The smallest absolute Gasteiger partial charge is 0.0988 e. The molecular weight excluding hydrogens is 184 g/mol. The van der Waals surface area contributed by atoms with Gasteiger partial charge in [-0.1, -0.05) is 11.6 Å². The number of anilines is 1. The first kappa shape index (κ1) is 8.64. The minimum Gasteiger partial charge on any atom is -0.278 e. The predicted molar refractivity (Wildman–Crippen MR) is 47.2 cm³/mol. The minimum atomic E-state index is 0.471. The quantitative estimate of drug-likeness (QED) is 0.526. The van der Waals surface area contributed by atoms with Crippen LogP contribution in [-0.2, 0) is 0 Å². The summed E-state index contributed by atoms with van der Waals surface area (Å²) >= 11 is 9.32. The van der Waals surface area contributed by atoms with E-state index >= 15 is 0 Å². The molecule has 1 heterocycles. The zero-order valence-corrected chi connectivity index (χ0v) is 7.47. The van der Waals surface area contributed by atoms with Crippen molar-refractivity contribution >= 4 is 30.1 Å². The normalized spacial score (nSPS) is 9.82. The van der Waals surface area contributed by atoms with E-state index in [1.165, 1.54) is 6.20 Å². The maximum absolute atomic E-state index is 8.93. The van der Waals surface area contributed by atoms with Gasteiger partial charge in [-0.05, 0) is 25.8 Å². The van der Waals surface area contributed by atoms with Gasteiger partial charge in [0.1, 0.15) is 0 Å². The highest BCUT2D eigenvalue weighted by Gasteiger charge is 2.03. The monoisotopic (exact) mass is 190 g/mol. The summed E-state index contributed by atoms with van der Waals surface area (Å²) in [7, 11) is 0.